The second-order valence-electron chi connectivity index (χ2n) is 5.68. The number of carbonyl (C=O) groups is 1. The number of methoxy groups -OCH3 is 2. The zero-order chi connectivity index (χ0) is 18.5. The molecule has 0 saturated heterocycles. The molecule has 0 atom stereocenters. The summed E-state index contributed by atoms with van der Waals surface area (Å²) in [5.74, 6) is 0.956. The smallest absolute Gasteiger partial charge is 0.322 e. The molecule has 1 N–H and O–H groups in total. The van der Waals surface area contributed by atoms with Gasteiger partial charge in [0.15, 0.2) is 0 Å². The molecule has 0 unspecified atom stereocenters. The first-order chi connectivity index (χ1) is 12.6. The van der Waals surface area contributed by atoms with Crippen LogP contribution in [0.2, 0.25) is 0 Å². The summed E-state index contributed by atoms with van der Waals surface area (Å²) in [5, 5.41) is 10.4. The van der Waals surface area contributed by atoms with Crippen molar-refractivity contribution in [3.63, 3.8) is 0 Å². The van der Waals surface area contributed by atoms with Crippen molar-refractivity contribution in [3.8, 4) is 11.5 Å². The summed E-state index contributed by atoms with van der Waals surface area (Å²) < 4.78 is 15.9. The Hall–Kier alpha value is -3.35. The molecule has 1 heterocycles. The molecule has 1 amide bonds. The van der Waals surface area contributed by atoms with Gasteiger partial charge >= 0.3 is 6.01 Å². The monoisotopic (exact) mass is 353 g/mol. The van der Waals surface area contributed by atoms with Gasteiger partial charge in [-0.2, -0.15) is 0 Å². The summed E-state index contributed by atoms with van der Waals surface area (Å²) in [6.07, 6.45) is 0.492. The number of amides is 1. The van der Waals surface area contributed by atoms with Crippen LogP contribution in [-0.2, 0) is 6.42 Å². The summed E-state index contributed by atoms with van der Waals surface area (Å²) >= 11 is 0. The van der Waals surface area contributed by atoms with Crippen molar-refractivity contribution in [2.75, 3.05) is 19.5 Å². The van der Waals surface area contributed by atoms with Crippen molar-refractivity contribution < 1.29 is 18.7 Å². The number of aromatic nitrogens is 2. The van der Waals surface area contributed by atoms with Crippen LogP contribution < -0.4 is 14.8 Å². The summed E-state index contributed by atoms with van der Waals surface area (Å²) in [5.41, 5.74) is 2.54. The third-order valence-electron chi connectivity index (χ3n) is 3.81. The fourth-order valence-corrected chi connectivity index (χ4v) is 2.41. The molecule has 0 saturated carbocycles. The number of nitrogens with zero attached hydrogens (tertiary/aromatic N) is 2. The summed E-state index contributed by atoms with van der Waals surface area (Å²) in [6, 6.07) is 13.0. The highest BCUT2D eigenvalue weighted by molar-refractivity contribution is 6.05. The Morgan fingerprint density at radius 1 is 1.08 bits per heavy atom. The summed E-state index contributed by atoms with van der Waals surface area (Å²) in [4.78, 5) is 12.5. The van der Waals surface area contributed by atoms with Gasteiger partial charge in [-0.15, -0.1) is 5.10 Å². The van der Waals surface area contributed by atoms with Gasteiger partial charge in [0.1, 0.15) is 11.5 Å². The van der Waals surface area contributed by atoms with Crippen LogP contribution in [0.15, 0.2) is 46.9 Å². The maximum Gasteiger partial charge on any atom is 0.322 e. The van der Waals surface area contributed by atoms with Crippen LogP contribution in [-0.4, -0.2) is 30.3 Å². The zero-order valence-corrected chi connectivity index (χ0v) is 14.8. The molecule has 0 radical (unpaired) electrons. The van der Waals surface area contributed by atoms with Gasteiger partial charge in [0.25, 0.3) is 5.91 Å². The van der Waals surface area contributed by atoms with E-state index >= 15 is 0 Å². The molecular formula is C19H19N3O4. The van der Waals surface area contributed by atoms with Crippen LogP contribution in [0.5, 0.6) is 11.5 Å². The van der Waals surface area contributed by atoms with Crippen LogP contribution in [0.4, 0.5) is 6.01 Å². The fraction of sp³-hybridized carbons (Fsp3) is 0.211. The summed E-state index contributed by atoms with van der Waals surface area (Å²) in [6.45, 7) is 2.02. The second kappa shape index (κ2) is 7.69. The van der Waals surface area contributed by atoms with Gasteiger partial charge in [-0.05, 0) is 30.7 Å². The molecule has 0 fully saturated rings. The molecular weight excluding hydrogens is 334 g/mol. The molecule has 0 spiro atoms. The van der Waals surface area contributed by atoms with E-state index in [1.807, 2.05) is 31.2 Å². The van der Waals surface area contributed by atoms with Gasteiger partial charge in [0.05, 0.1) is 26.2 Å². The van der Waals surface area contributed by atoms with E-state index in [9.17, 15) is 4.79 Å². The number of hydrogen-bond acceptors (Lipinski definition) is 6. The van der Waals surface area contributed by atoms with E-state index in [2.05, 4.69) is 15.5 Å². The normalized spacial score (nSPS) is 10.4. The SMILES string of the molecule is COc1ccc(OC)c(C(=O)Nc2nnc(Cc3ccc(C)cc3)o2)c1. The molecule has 7 nitrogen and oxygen atoms in total. The highest BCUT2D eigenvalue weighted by Gasteiger charge is 2.17. The van der Waals surface area contributed by atoms with Crippen molar-refractivity contribution >= 4 is 11.9 Å². The third kappa shape index (κ3) is 4.00. The maximum absolute atomic E-state index is 12.5. The number of hydrogen-bond donors (Lipinski definition) is 1. The second-order valence-corrected chi connectivity index (χ2v) is 5.68. The predicted molar refractivity (Wildman–Crippen MR) is 95.8 cm³/mol. The average Bonchev–Trinajstić information content (AvgIpc) is 3.09. The molecule has 0 bridgehead atoms. The highest BCUT2D eigenvalue weighted by Crippen LogP contribution is 2.25. The van der Waals surface area contributed by atoms with Crippen LogP contribution >= 0.6 is 0 Å². The minimum atomic E-state index is -0.425. The van der Waals surface area contributed by atoms with E-state index < -0.39 is 5.91 Å². The van der Waals surface area contributed by atoms with E-state index in [0.717, 1.165) is 5.56 Å². The number of rotatable bonds is 6. The quantitative estimate of drug-likeness (QED) is 0.732. The topological polar surface area (TPSA) is 86.5 Å². The van der Waals surface area contributed by atoms with E-state index in [4.69, 9.17) is 13.9 Å². The Balaban J connectivity index is 1.72. The van der Waals surface area contributed by atoms with E-state index in [-0.39, 0.29) is 6.01 Å². The van der Waals surface area contributed by atoms with Gasteiger partial charge in [0.2, 0.25) is 5.89 Å². The van der Waals surface area contributed by atoms with E-state index in [0.29, 0.717) is 29.4 Å². The van der Waals surface area contributed by atoms with Crippen molar-refractivity contribution in [3.05, 3.63) is 65.0 Å². The first-order valence-electron chi connectivity index (χ1n) is 8.00. The standard InChI is InChI=1S/C19H19N3O4/c1-12-4-6-13(7-5-12)10-17-21-22-19(26-17)20-18(23)15-11-14(24-2)8-9-16(15)25-3/h4-9,11H,10H2,1-3H3,(H,20,22,23). The minimum absolute atomic E-state index is 0.0296. The van der Waals surface area contributed by atoms with Crippen molar-refractivity contribution in [1.29, 1.82) is 0 Å². The van der Waals surface area contributed by atoms with Gasteiger partial charge in [-0.1, -0.05) is 34.9 Å². The van der Waals surface area contributed by atoms with Crippen LogP contribution in [0, 0.1) is 6.92 Å². The first kappa shape index (κ1) is 17.5. The van der Waals surface area contributed by atoms with E-state index in [1.165, 1.54) is 19.8 Å². The molecule has 0 aliphatic heterocycles. The Bertz CT molecular complexity index is 903. The Morgan fingerprint density at radius 2 is 1.85 bits per heavy atom. The molecule has 0 aliphatic rings. The van der Waals surface area contributed by atoms with Gasteiger partial charge in [-0.3, -0.25) is 10.1 Å². The fourth-order valence-electron chi connectivity index (χ4n) is 2.41. The minimum Gasteiger partial charge on any atom is -0.497 e. The average molecular weight is 353 g/mol. The molecule has 0 aliphatic carbocycles. The number of benzene rings is 2. The molecule has 26 heavy (non-hydrogen) atoms. The zero-order valence-electron chi connectivity index (χ0n) is 14.8. The Morgan fingerprint density at radius 3 is 2.54 bits per heavy atom. The Labute approximate surface area is 151 Å². The van der Waals surface area contributed by atoms with Crippen LogP contribution in [0.1, 0.15) is 27.4 Å². The van der Waals surface area contributed by atoms with Crippen LogP contribution in [0.25, 0.3) is 0 Å². The van der Waals surface area contributed by atoms with Crippen molar-refractivity contribution in [2.24, 2.45) is 0 Å². The number of nitrogens with one attached hydrogen (secondary N) is 1. The molecule has 3 rings (SSSR count). The van der Waals surface area contributed by atoms with Gasteiger partial charge < -0.3 is 13.9 Å². The molecule has 7 heteroatoms. The summed E-state index contributed by atoms with van der Waals surface area (Å²) in [7, 11) is 3.02. The number of aryl methyl sites for hydroxylation is 1. The van der Waals surface area contributed by atoms with Gasteiger partial charge in [-0.25, -0.2) is 0 Å². The van der Waals surface area contributed by atoms with Crippen molar-refractivity contribution in [1.82, 2.24) is 10.2 Å². The number of ether oxygens (including phenoxy) is 2. The lowest BCUT2D eigenvalue weighted by atomic mass is 10.1. The molecule has 134 valence electrons. The lowest BCUT2D eigenvalue weighted by Crippen LogP contribution is -2.13. The Kier molecular flexibility index (Phi) is 5.17. The lowest BCUT2D eigenvalue weighted by Gasteiger charge is -2.09. The van der Waals surface area contributed by atoms with Gasteiger partial charge in [0, 0.05) is 0 Å². The van der Waals surface area contributed by atoms with E-state index in [1.54, 1.807) is 18.2 Å². The number of anilines is 1. The maximum atomic E-state index is 12.5. The molecule has 1 aromatic heterocycles. The highest BCUT2D eigenvalue weighted by atomic mass is 16.5. The predicted octanol–water partition coefficient (Wildman–Crippen LogP) is 3.24. The molecule has 3 aromatic rings. The first-order valence-corrected chi connectivity index (χ1v) is 8.00. The van der Waals surface area contributed by atoms with Crippen molar-refractivity contribution in [2.45, 2.75) is 13.3 Å². The largest absolute Gasteiger partial charge is 0.497 e. The van der Waals surface area contributed by atoms with Crippen LogP contribution in [0.3, 0.4) is 0 Å². The lowest BCUT2D eigenvalue weighted by molar-refractivity contribution is 0.102. The molecule has 2 aromatic carbocycles. The number of carbonyl (C=O) groups excluding carboxylic acids is 1. The third-order valence-corrected chi connectivity index (χ3v) is 3.81.